The summed E-state index contributed by atoms with van der Waals surface area (Å²) in [7, 11) is 0. The van der Waals surface area contributed by atoms with Gasteiger partial charge in [0.1, 0.15) is 4.49 Å². The van der Waals surface area contributed by atoms with E-state index in [0.29, 0.717) is 19.6 Å². The van der Waals surface area contributed by atoms with E-state index in [1.54, 1.807) is 4.90 Å². The second-order valence-electron chi connectivity index (χ2n) is 3.12. The van der Waals surface area contributed by atoms with Gasteiger partial charge in [-0.15, -0.1) is 11.8 Å². The number of aliphatic hydroxyl groups excluding tert-OH is 3. The van der Waals surface area contributed by atoms with Gasteiger partial charge >= 0.3 is 5.97 Å². The molecule has 0 radical (unpaired) electrons. The minimum atomic E-state index is -0.883. The number of halogens is 2. The van der Waals surface area contributed by atoms with Crippen LogP contribution < -0.4 is 0 Å². The van der Waals surface area contributed by atoms with E-state index in [0.717, 1.165) is 11.8 Å². The molecule has 0 saturated heterocycles. The molecule has 6 nitrogen and oxygen atoms in total. The molecule has 114 valence electrons. The van der Waals surface area contributed by atoms with Gasteiger partial charge in [0, 0.05) is 25.0 Å². The number of carboxylic acid groups (broad SMARTS) is 1. The Kier molecular flexibility index (Phi) is 18.0. The molecule has 0 aliphatic rings. The van der Waals surface area contributed by atoms with Crippen LogP contribution in [0.5, 0.6) is 0 Å². The molecule has 0 heterocycles. The molecule has 0 aromatic heterocycles. The molecule has 0 amide bonds. The van der Waals surface area contributed by atoms with Crippen LogP contribution >= 0.6 is 35.0 Å². The van der Waals surface area contributed by atoms with Gasteiger partial charge in [0.2, 0.25) is 0 Å². The van der Waals surface area contributed by atoms with Gasteiger partial charge in [0.25, 0.3) is 0 Å². The van der Waals surface area contributed by atoms with Crippen LogP contribution in [0.3, 0.4) is 0 Å². The van der Waals surface area contributed by atoms with Gasteiger partial charge < -0.3 is 20.4 Å². The number of nitrogens with zero attached hydrogens (tertiary/aromatic N) is 1. The first-order valence-corrected chi connectivity index (χ1v) is 7.17. The van der Waals surface area contributed by atoms with Gasteiger partial charge in [-0.2, -0.15) is 0 Å². The van der Waals surface area contributed by atoms with Crippen molar-refractivity contribution >= 4 is 40.9 Å². The van der Waals surface area contributed by atoms with Crippen LogP contribution in [0.25, 0.3) is 0 Å². The Hall–Kier alpha value is -0.0200. The Morgan fingerprint density at radius 2 is 1.47 bits per heavy atom. The van der Waals surface area contributed by atoms with Crippen LogP contribution in [-0.4, -0.2) is 76.5 Å². The quantitative estimate of drug-likeness (QED) is 0.482. The summed E-state index contributed by atoms with van der Waals surface area (Å²) in [5.74, 6) is -0.894. The van der Waals surface area contributed by atoms with Crippen molar-refractivity contribution in [3.8, 4) is 0 Å². The van der Waals surface area contributed by atoms with Crippen molar-refractivity contribution in [3.63, 3.8) is 0 Å². The lowest BCUT2D eigenvalue weighted by molar-refractivity contribution is -0.133. The SMILES string of the molecule is O=C(O)CSC=C(Cl)Cl.OCCN(CCO)CCO. The van der Waals surface area contributed by atoms with Crippen LogP contribution in [0, 0.1) is 0 Å². The number of thioether (sulfide) groups is 1. The topological polar surface area (TPSA) is 101 Å². The molecule has 0 rings (SSSR count). The molecule has 0 aliphatic heterocycles. The van der Waals surface area contributed by atoms with Crippen molar-refractivity contribution in [2.75, 3.05) is 45.2 Å². The Morgan fingerprint density at radius 3 is 1.74 bits per heavy atom. The highest BCUT2D eigenvalue weighted by molar-refractivity contribution is 8.02. The van der Waals surface area contributed by atoms with E-state index in [4.69, 9.17) is 43.6 Å². The predicted octanol–water partition coefficient (Wildman–Crippen LogP) is 0.346. The third-order valence-electron chi connectivity index (χ3n) is 1.63. The summed E-state index contributed by atoms with van der Waals surface area (Å²) in [5.41, 5.74) is 0. The van der Waals surface area contributed by atoms with Gasteiger partial charge in [-0.1, -0.05) is 23.2 Å². The molecule has 0 spiro atoms. The zero-order valence-corrected chi connectivity index (χ0v) is 12.7. The summed E-state index contributed by atoms with van der Waals surface area (Å²) in [6.07, 6.45) is 0. The number of hydrogen-bond acceptors (Lipinski definition) is 6. The van der Waals surface area contributed by atoms with Crippen LogP contribution in [0.1, 0.15) is 0 Å². The average molecular weight is 336 g/mol. The predicted molar refractivity (Wildman–Crippen MR) is 77.6 cm³/mol. The fourth-order valence-corrected chi connectivity index (χ4v) is 1.67. The number of hydrogen-bond donors (Lipinski definition) is 4. The maximum atomic E-state index is 9.84. The molecule has 0 saturated carbocycles. The molecule has 0 bridgehead atoms. The Bertz CT molecular complexity index is 238. The van der Waals surface area contributed by atoms with E-state index >= 15 is 0 Å². The zero-order chi connectivity index (χ0) is 15.1. The first-order valence-electron chi connectivity index (χ1n) is 5.37. The summed E-state index contributed by atoms with van der Waals surface area (Å²) in [6, 6.07) is 0. The number of carbonyl (C=O) groups is 1. The first-order chi connectivity index (χ1) is 8.97. The third-order valence-corrected chi connectivity index (χ3v) is 2.92. The Labute approximate surface area is 126 Å². The zero-order valence-electron chi connectivity index (χ0n) is 10.3. The maximum absolute atomic E-state index is 9.84. The molecule has 0 aromatic rings. The minimum absolute atomic E-state index is 0.0110. The fraction of sp³-hybridized carbons (Fsp3) is 0.700. The summed E-state index contributed by atoms with van der Waals surface area (Å²) in [6.45, 7) is 1.75. The normalized spacial score (nSPS) is 9.79. The van der Waals surface area contributed by atoms with Gasteiger partial charge in [-0.25, -0.2) is 0 Å². The first kappa shape index (κ1) is 21.3. The van der Waals surface area contributed by atoms with Crippen molar-refractivity contribution in [2.45, 2.75) is 0 Å². The molecule has 4 N–H and O–H groups in total. The molecular weight excluding hydrogens is 317 g/mol. The van der Waals surface area contributed by atoms with E-state index < -0.39 is 5.97 Å². The van der Waals surface area contributed by atoms with E-state index in [1.165, 1.54) is 5.41 Å². The van der Waals surface area contributed by atoms with Gasteiger partial charge in [0.15, 0.2) is 0 Å². The highest BCUT2D eigenvalue weighted by atomic mass is 35.5. The van der Waals surface area contributed by atoms with Gasteiger partial charge in [0.05, 0.1) is 25.6 Å². The Balaban J connectivity index is 0. The summed E-state index contributed by atoms with van der Waals surface area (Å²) >= 11 is 11.4. The standard InChI is InChI=1S/C6H15NO3.C4H4Cl2O2S/c8-4-1-7(2-5-9)3-6-10;5-3(6)1-9-2-4(7)8/h8-10H,1-6H2;1H,2H2,(H,7,8). The van der Waals surface area contributed by atoms with Gasteiger partial charge in [-0.05, 0) is 0 Å². The number of aliphatic carboxylic acids is 1. The van der Waals surface area contributed by atoms with Crippen molar-refractivity contribution in [2.24, 2.45) is 0 Å². The second-order valence-corrected chi connectivity index (χ2v) is 4.99. The lowest BCUT2D eigenvalue weighted by atomic mass is 10.4. The smallest absolute Gasteiger partial charge is 0.313 e. The largest absolute Gasteiger partial charge is 0.481 e. The van der Waals surface area contributed by atoms with Crippen molar-refractivity contribution in [1.29, 1.82) is 0 Å². The number of rotatable bonds is 9. The maximum Gasteiger partial charge on any atom is 0.313 e. The lowest BCUT2D eigenvalue weighted by Gasteiger charge is -2.17. The van der Waals surface area contributed by atoms with Crippen LogP contribution in [-0.2, 0) is 4.79 Å². The highest BCUT2D eigenvalue weighted by Crippen LogP contribution is 2.13. The molecule has 0 fully saturated rings. The lowest BCUT2D eigenvalue weighted by Crippen LogP contribution is -2.32. The number of aliphatic hydroxyl groups is 3. The molecular formula is C10H19Cl2NO5S. The summed E-state index contributed by atoms with van der Waals surface area (Å²) < 4.78 is 0.0845. The molecule has 19 heavy (non-hydrogen) atoms. The van der Waals surface area contributed by atoms with E-state index in [9.17, 15) is 4.79 Å². The second kappa shape index (κ2) is 16.0. The number of carboxylic acids is 1. The minimum Gasteiger partial charge on any atom is -0.481 e. The van der Waals surface area contributed by atoms with Crippen molar-refractivity contribution in [3.05, 3.63) is 9.90 Å². The summed E-state index contributed by atoms with van der Waals surface area (Å²) in [5, 5.41) is 34.9. The molecule has 0 aromatic carbocycles. The monoisotopic (exact) mass is 335 g/mol. The Morgan fingerprint density at radius 1 is 1.05 bits per heavy atom. The van der Waals surface area contributed by atoms with E-state index in [1.807, 2.05) is 0 Å². The van der Waals surface area contributed by atoms with E-state index in [-0.39, 0.29) is 30.1 Å². The van der Waals surface area contributed by atoms with Crippen LogP contribution in [0.15, 0.2) is 9.90 Å². The molecule has 0 unspecified atom stereocenters. The average Bonchev–Trinajstić information content (AvgIpc) is 2.30. The van der Waals surface area contributed by atoms with E-state index in [2.05, 4.69) is 0 Å². The van der Waals surface area contributed by atoms with Crippen LogP contribution in [0.2, 0.25) is 0 Å². The van der Waals surface area contributed by atoms with Gasteiger partial charge in [-0.3, -0.25) is 9.69 Å². The third kappa shape index (κ3) is 20.5. The fourth-order valence-electron chi connectivity index (χ4n) is 0.936. The molecule has 0 aliphatic carbocycles. The highest BCUT2D eigenvalue weighted by Gasteiger charge is 2.00. The molecule has 0 atom stereocenters. The summed E-state index contributed by atoms with van der Waals surface area (Å²) in [4.78, 5) is 11.6. The van der Waals surface area contributed by atoms with Crippen LogP contribution in [0.4, 0.5) is 0 Å². The van der Waals surface area contributed by atoms with Crippen molar-refractivity contribution < 1.29 is 25.2 Å². The molecule has 9 heteroatoms. The van der Waals surface area contributed by atoms with Crippen molar-refractivity contribution in [1.82, 2.24) is 4.90 Å².